The van der Waals surface area contributed by atoms with Crippen molar-refractivity contribution in [2.45, 2.75) is 38.6 Å². The van der Waals surface area contributed by atoms with Gasteiger partial charge < -0.3 is 5.73 Å². The van der Waals surface area contributed by atoms with E-state index in [1.165, 1.54) is 29.5 Å². The molecule has 1 nitrogen and oxygen atoms in total. The van der Waals surface area contributed by atoms with E-state index in [2.05, 4.69) is 32.0 Å². The van der Waals surface area contributed by atoms with Crippen molar-refractivity contribution in [3.05, 3.63) is 34.9 Å². The predicted octanol–water partition coefficient (Wildman–Crippen LogP) is 2.51. The van der Waals surface area contributed by atoms with E-state index in [1.807, 2.05) is 0 Å². The lowest BCUT2D eigenvalue weighted by atomic mass is 9.74. The molecule has 1 heteroatoms. The molecule has 1 aromatic carbocycles. The van der Waals surface area contributed by atoms with Gasteiger partial charge in [-0.25, -0.2) is 0 Å². The van der Waals surface area contributed by atoms with Gasteiger partial charge in [0.1, 0.15) is 0 Å². The van der Waals surface area contributed by atoms with E-state index >= 15 is 0 Å². The minimum Gasteiger partial charge on any atom is -0.328 e. The summed E-state index contributed by atoms with van der Waals surface area (Å²) in [7, 11) is 0. The number of hydrogen-bond acceptors (Lipinski definition) is 1. The lowest BCUT2D eigenvalue weighted by Gasteiger charge is -2.34. The largest absolute Gasteiger partial charge is 0.328 e. The van der Waals surface area contributed by atoms with Crippen LogP contribution < -0.4 is 5.73 Å². The lowest BCUT2D eigenvalue weighted by molar-refractivity contribution is 0.350. The summed E-state index contributed by atoms with van der Waals surface area (Å²) in [5, 5.41) is 0. The second kappa shape index (κ2) is 3.15. The van der Waals surface area contributed by atoms with Gasteiger partial charge >= 0.3 is 0 Å². The fourth-order valence-corrected chi connectivity index (χ4v) is 2.13. The average molecular weight is 175 g/mol. The summed E-state index contributed by atoms with van der Waals surface area (Å²) in [6, 6.07) is 7.03. The van der Waals surface area contributed by atoms with Gasteiger partial charge in [-0.1, -0.05) is 18.2 Å². The highest BCUT2D eigenvalue weighted by Crippen LogP contribution is 2.37. The molecule has 13 heavy (non-hydrogen) atoms. The molecule has 0 unspecified atom stereocenters. The molecule has 1 saturated carbocycles. The van der Waals surface area contributed by atoms with E-state index in [1.54, 1.807) is 0 Å². The molecule has 0 atom stereocenters. The Labute approximate surface area is 80.0 Å². The molecular formula is C12H17N. The molecule has 0 aromatic heterocycles. The molecule has 0 heterocycles. The Morgan fingerprint density at radius 3 is 2.54 bits per heavy atom. The maximum atomic E-state index is 5.79. The molecule has 0 radical (unpaired) electrons. The zero-order valence-electron chi connectivity index (χ0n) is 8.38. The van der Waals surface area contributed by atoms with E-state index in [0.29, 0.717) is 6.04 Å². The van der Waals surface area contributed by atoms with Crippen molar-refractivity contribution in [2.75, 3.05) is 0 Å². The van der Waals surface area contributed by atoms with E-state index in [-0.39, 0.29) is 0 Å². The fourth-order valence-electron chi connectivity index (χ4n) is 2.13. The van der Waals surface area contributed by atoms with Crippen molar-refractivity contribution < 1.29 is 0 Å². The second-order valence-corrected chi connectivity index (χ2v) is 4.22. The van der Waals surface area contributed by atoms with Gasteiger partial charge in [0, 0.05) is 6.04 Å². The quantitative estimate of drug-likeness (QED) is 0.697. The molecule has 70 valence electrons. The van der Waals surface area contributed by atoms with Gasteiger partial charge in [-0.05, 0) is 49.3 Å². The first-order valence-electron chi connectivity index (χ1n) is 5.00. The molecule has 0 saturated heterocycles. The standard InChI is InChI=1S/C12H17N/c1-8-4-3-5-12(9(8)2)10-6-11(13)7-10/h3-5,10-11H,6-7,13H2,1-2H3. The molecule has 2 rings (SSSR count). The first kappa shape index (κ1) is 8.76. The Bertz CT molecular complexity index is 311. The Hall–Kier alpha value is -0.820. The van der Waals surface area contributed by atoms with E-state index in [4.69, 9.17) is 5.73 Å². The number of hydrogen-bond donors (Lipinski definition) is 1. The van der Waals surface area contributed by atoms with Crippen LogP contribution in [0.25, 0.3) is 0 Å². The molecule has 1 aliphatic rings. The molecular weight excluding hydrogens is 158 g/mol. The van der Waals surface area contributed by atoms with Crippen molar-refractivity contribution in [3.8, 4) is 0 Å². The average Bonchev–Trinajstić information content (AvgIpc) is 2.05. The first-order chi connectivity index (χ1) is 6.18. The van der Waals surface area contributed by atoms with Crippen LogP contribution in [0.1, 0.15) is 35.4 Å². The summed E-state index contributed by atoms with van der Waals surface area (Å²) in [6.45, 7) is 4.39. The zero-order chi connectivity index (χ0) is 9.42. The summed E-state index contributed by atoms with van der Waals surface area (Å²) in [4.78, 5) is 0. The Morgan fingerprint density at radius 1 is 1.23 bits per heavy atom. The third-order valence-corrected chi connectivity index (χ3v) is 3.26. The fraction of sp³-hybridized carbons (Fsp3) is 0.500. The highest BCUT2D eigenvalue weighted by molar-refractivity contribution is 5.36. The molecule has 1 aliphatic carbocycles. The summed E-state index contributed by atoms with van der Waals surface area (Å²) < 4.78 is 0. The smallest absolute Gasteiger partial charge is 0.00504 e. The van der Waals surface area contributed by atoms with Gasteiger partial charge in [-0.2, -0.15) is 0 Å². The minimum absolute atomic E-state index is 0.449. The second-order valence-electron chi connectivity index (χ2n) is 4.22. The van der Waals surface area contributed by atoms with Gasteiger partial charge in [0.25, 0.3) is 0 Å². The van der Waals surface area contributed by atoms with Crippen molar-refractivity contribution in [3.63, 3.8) is 0 Å². The maximum absolute atomic E-state index is 5.79. The zero-order valence-corrected chi connectivity index (χ0v) is 8.38. The summed E-state index contributed by atoms with van der Waals surface area (Å²) in [6.07, 6.45) is 2.34. The normalized spacial score (nSPS) is 27.0. The van der Waals surface area contributed by atoms with Crippen molar-refractivity contribution >= 4 is 0 Å². The van der Waals surface area contributed by atoms with Crippen LogP contribution >= 0.6 is 0 Å². The topological polar surface area (TPSA) is 26.0 Å². The molecule has 1 aromatic rings. The van der Waals surface area contributed by atoms with E-state index in [9.17, 15) is 0 Å². The molecule has 0 spiro atoms. The molecule has 1 fully saturated rings. The van der Waals surface area contributed by atoms with Gasteiger partial charge in [0.15, 0.2) is 0 Å². The number of aryl methyl sites for hydroxylation is 1. The number of benzene rings is 1. The third kappa shape index (κ3) is 1.49. The van der Waals surface area contributed by atoms with Gasteiger partial charge in [-0.15, -0.1) is 0 Å². The van der Waals surface area contributed by atoms with Crippen molar-refractivity contribution in [2.24, 2.45) is 5.73 Å². The monoisotopic (exact) mass is 175 g/mol. The summed E-state index contributed by atoms with van der Waals surface area (Å²) >= 11 is 0. The van der Waals surface area contributed by atoms with Crippen molar-refractivity contribution in [1.29, 1.82) is 0 Å². The van der Waals surface area contributed by atoms with Gasteiger partial charge in [-0.3, -0.25) is 0 Å². The van der Waals surface area contributed by atoms with Crippen molar-refractivity contribution in [1.82, 2.24) is 0 Å². The third-order valence-electron chi connectivity index (χ3n) is 3.26. The van der Waals surface area contributed by atoms with E-state index in [0.717, 1.165) is 5.92 Å². The van der Waals surface area contributed by atoms with Gasteiger partial charge in [0.05, 0.1) is 0 Å². The highest BCUT2D eigenvalue weighted by atomic mass is 14.7. The predicted molar refractivity (Wildman–Crippen MR) is 55.9 cm³/mol. The highest BCUT2D eigenvalue weighted by Gasteiger charge is 2.28. The Morgan fingerprint density at radius 2 is 1.92 bits per heavy atom. The van der Waals surface area contributed by atoms with Crippen LogP contribution in [-0.2, 0) is 0 Å². The van der Waals surface area contributed by atoms with E-state index < -0.39 is 0 Å². The van der Waals surface area contributed by atoms with Crippen LogP contribution in [-0.4, -0.2) is 6.04 Å². The number of rotatable bonds is 1. The van der Waals surface area contributed by atoms with Crippen LogP contribution in [0.5, 0.6) is 0 Å². The molecule has 0 amide bonds. The lowest BCUT2D eigenvalue weighted by Crippen LogP contribution is -2.35. The first-order valence-corrected chi connectivity index (χ1v) is 5.00. The number of nitrogens with two attached hydrogens (primary N) is 1. The van der Waals surface area contributed by atoms with Crippen LogP contribution in [0.4, 0.5) is 0 Å². The minimum atomic E-state index is 0.449. The van der Waals surface area contributed by atoms with Crippen LogP contribution in [0.3, 0.4) is 0 Å². The molecule has 0 aliphatic heterocycles. The van der Waals surface area contributed by atoms with Crippen LogP contribution in [0.2, 0.25) is 0 Å². The summed E-state index contributed by atoms with van der Waals surface area (Å²) in [5.74, 6) is 0.731. The van der Waals surface area contributed by atoms with Crippen LogP contribution in [0, 0.1) is 13.8 Å². The SMILES string of the molecule is Cc1cccc(C2CC(N)C2)c1C. The molecule has 0 bridgehead atoms. The Kier molecular flexibility index (Phi) is 2.12. The maximum Gasteiger partial charge on any atom is 0.00504 e. The summed E-state index contributed by atoms with van der Waals surface area (Å²) in [5.41, 5.74) is 10.2. The van der Waals surface area contributed by atoms with Crippen LogP contribution in [0.15, 0.2) is 18.2 Å². The van der Waals surface area contributed by atoms with Gasteiger partial charge in [0.2, 0.25) is 0 Å². The Balaban J connectivity index is 2.26. The molecule has 2 N–H and O–H groups in total.